The van der Waals surface area contributed by atoms with Gasteiger partial charge in [-0.3, -0.25) is 4.79 Å². The normalized spacial score (nSPS) is 11.6. The number of hydrogen-bond donors (Lipinski definition) is 1. The molecule has 0 fully saturated rings. The minimum Gasteiger partial charge on any atom is -0.493 e. The lowest BCUT2D eigenvalue weighted by molar-refractivity contribution is -0.121. The van der Waals surface area contributed by atoms with E-state index in [-0.39, 0.29) is 11.4 Å². The summed E-state index contributed by atoms with van der Waals surface area (Å²) >= 11 is 0. The van der Waals surface area contributed by atoms with E-state index in [2.05, 4.69) is 33.0 Å². The Bertz CT molecular complexity index is 1160. The van der Waals surface area contributed by atoms with Gasteiger partial charge in [0, 0.05) is 24.0 Å². The van der Waals surface area contributed by atoms with Gasteiger partial charge in [-0.25, -0.2) is 9.67 Å². The summed E-state index contributed by atoms with van der Waals surface area (Å²) in [7, 11) is 3.24. The number of benzene rings is 1. The van der Waals surface area contributed by atoms with E-state index in [1.54, 1.807) is 14.2 Å². The van der Waals surface area contributed by atoms with Gasteiger partial charge in [0.25, 0.3) is 0 Å². The molecule has 3 rings (SSSR count). The zero-order valence-corrected chi connectivity index (χ0v) is 21.1. The maximum absolute atomic E-state index is 12.5. The Morgan fingerprint density at radius 3 is 2.36 bits per heavy atom. The molecule has 0 atom stereocenters. The van der Waals surface area contributed by atoms with Crippen LogP contribution in [0.25, 0.3) is 11.0 Å². The van der Waals surface area contributed by atoms with Crippen molar-refractivity contribution in [2.45, 2.75) is 66.3 Å². The van der Waals surface area contributed by atoms with Gasteiger partial charge in [0.15, 0.2) is 17.1 Å². The number of aromatic nitrogens is 3. The average molecular weight is 453 g/mol. The molecule has 7 nitrogen and oxygen atoms in total. The second-order valence-corrected chi connectivity index (χ2v) is 9.46. The first-order chi connectivity index (χ1) is 15.6. The zero-order valence-electron chi connectivity index (χ0n) is 21.1. The number of carbonyl (C=O) groups is 1. The van der Waals surface area contributed by atoms with Gasteiger partial charge in [-0.1, -0.05) is 6.07 Å². The molecule has 2 aromatic heterocycles. The topological polar surface area (TPSA) is 78.3 Å². The minimum atomic E-state index is -0.145. The monoisotopic (exact) mass is 452 g/mol. The van der Waals surface area contributed by atoms with Crippen LogP contribution in [0.15, 0.2) is 18.2 Å². The summed E-state index contributed by atoms with van der Waals surface area (Å²) in [6.45, 7) is 13.1. The predicted octanol–water partition coefficient (Wildman–Crippen LogP) is 4.42. The van der Waals surface area contributed by atoms with Crippen LogP contribution in [0.4, 0.5) is 0 Å². The summed E-state index contributed by atoms with van der Waals surface area (Å²) < 4.78 is 12.6. The molecule has 1 N–H and O–H groups in total. The molecular formula is C26H36N4O3. The highest BCUT2D eigenvalue weighted by Gasteiger charge is 2.23. The summed E-state index contributed by atoms with van der Waals surface area (Å²) in [5.41, 5.74) is 6.10. The summed E-state index contributed by atoms with van der Waals surface area (Å²) in [6.07, 6.45) is 1.80. The zero-order chi connectivity index (χ0) is 24.3. The van der Waals surface area contributed by atoms with E-state index in [0.29, 0.717) is 30.9 Å². The summed E-state index contributed by atoms with van der Waals surface area (Å²) in [6, 6.07) is 5.81. The van der Waals surface area contributed by atoms with Crippen molar-refractivity contribution in [1.29, 1.82) is 0 Å². The standard InChI is InChI=1S/C26H36N4O3/c1-16-20(17(2)28-25-24(16)18(3)29-30(25)26(4,5)6)10-12-23(31)27-14-13-19-9-11-21(32-7)22(15-19)33-8/h9,11,15H,10,12-14H2,1-8H3,(H,27,31). The van der Waals surface area contributed by atoms with Crippen LogP contribution in [0, 0.1) is 20.8 Å². The number of methoxy groups -OCH3 is 2. The van der Waals surface area contributed by atoms with Crippen LogP contribution in [0.3, 0.4) is 0 Å². The highest BCUT2D eigenvalue weighted by atomic mass is 16.5. The van der Waals surface area contributed by atoms with Gasteiger partial charge in [-0.2, -0.15) is 5.10 Å². The maximum Gasteiger partial charge on any atom is 0.220 e. The van der Waals surface area contributed by atoms with E-state index >= 15 is 0 Å². The largest absolute Gasteiger partial charge is 0.493 e. The van der Waals surface area contributed by atoms with E-state index in [9.17, 15) is 4.79 Å². The molecule has 0 aliphatic heterocycles. The SMILES string of the molecule is COc1ccc(CCNC(=O)CCc2c(C)nc3c(c(C)nn3C(C)(C)C)c2C)cc1OC. The molecule has 0 unspecified atom stereocenters. The van der Waals surface area contributed by atoms with Gasteiger partial charge in [0.05, 0.1) is 25.5 Å². The number of aryl methyl sites for hydroxylation is 3. The highest BCUT2D eigenvalue weighted by Crippen LogP contribution is 2.30. The highest BCUT2D eigenvalue weighted by molar-refractivity contribution is 5.84. The van der Waals surface area contributed by atoms with Crippen LogP contribution in [-0.2, 0) is 23.2 Å². The summed E-state index contributed by atoms with van der Waals surface area (Å²) in [5, 5.41) is 8.88. The Kier molecular flexibility index (Phi) is 7.30. The molecule has 33 heavy (non-hydrogen) atoms. The molecule has 1 aromatic carbocycles. The minimum absolute atomic E-state index is 0.0384. The van der Waals surface area contributed by atoms with E-state index in [0.717, 1.165) is 40.0 Å². The fourth-order valence-corrected chi connectivity index (χ4v) is 4.25. The van der Waals surface area contributed by atoms with E-state index in [4.69, 9.17) is 19.6 Å². The van der Waals surface area contributed by atoms with Crippen LogP contribution in [0.5, 0.6) is 11.5 Å². The number of pyridine rings is 1. The average Bonchev–Trinajstić information content (AvgIpc) is 3.10. The van der Waals surface area contributed by atoms with Gasteiger partial charge in [-0.05, 0) is 83.2 Å². The first-order valence-electron chi connectivity index (χ1n) is 11.4. The molecule has 0 spiro atoms. The number of ether oxygens (including phenoxy) is 2. The van der Waals surface area contributed by atoms with Crippen molar-refractivity contribution in [3.63, 3.8) is 0 Å². The summed E-state index contributed by atoms with van der Waals surface area (Å²) in [4.78, 5) is 17.4. The molecule has 0 aliphatic carbocycles. The molecule has 0 radical (unpaired) electrons. The number of nitrogens with zero attached hydrogens (tertiary/aromatic N) is 3. The molecule has 0 aliphatic rings. The van der Waals surface area contributed by atoms with E-state index in [1.807, 2.05) is 36.7 Å². The Labute approximate surface area is 196 Å². The molecule has 0 saturated heterocycles. The van der Waals surface area contributed by atoms with Crippen molar-refractivity contribution in [2.24, 2.45) is 0 Å². The van der Waals surface area contributed by atoms with Gasteiger partial charge < -0.3 is 14.8 Å². The Morgan fingerprint density at radius 1 is 1.03 bits per heavy atom. The van der Waals surface area contributed by atoms with Gasteiger partial charge in [-0.15, -0.1) is 0 Å². The molecule has 0 saturated carbocycles. The lowest BCUT2D eigenvalue weighted by Crippen LogP contribution is -2.26. The van der Waals surface area contributed by atoms with Crippen molar-refractivity contribution in [3.05, 3.63) is 46.3 Å². The molecule has 1 amide bonds. The van der Waals surface area contributed by atoms with Crippen LogP contribution in [-0.4, -0.2) is 41.4 Å². The van der Waals surface area contributed by atoms with E-state index < -0.39 is 0 Å². The second kappa shape index (κ2) is 9.81. The maximum atomic E-state index is 12.5. The first kappa shape index (κ1) is 24.6. The number of carbonyl (C=O) groups excluding carboxylic acids is 1. The van der Waals surface area contributed by atoms with Crippen molar-refractivity contribution >= 4 is 16.9 Å². The second-order valence-electron chi connectivity index (χ2n) is 9.46. The lowest BCUT2D eigenvalue weighted by atomic mass is 9.99. The molecule has 3 aromatic rings. The van der Waals surface area contributed by atoms with Gasteiger partial charge in [0.2, 0.25) is 5.91 Å². The van der Waals surface area contributed by atoms with Crippen LogP contribution in [0.1, 0.15) is 55.3 Å². The Hall–Kier alpha value is -3.09. The predicted molar refractivity (Wildman–Crippen MR) is 131 cm³/mol. The van der Waals surface area contributed by atoms with Crippen LogP contribution in [0.2, 0.25) is 0 Å². The first-order valence-corrected chi connectivity index (χ1v) is 11.4. The third-order valence-corrected chi connectivity index (χ3v) is 6.00. The van der Waals surface area contributed by atoms with Gasteiger partial charge in [0.1, 0.15) is 0 Å². The van der Waals surface area contributed by atoms with Crippen molar-refractivity contribution in [2.75, 3.05) is 20.8 Å². The number of nitrogens with one attached hydrogen (secondary N) is 1. The van der Waals surface area contributed by atoms with Crippen molar-refractivity contribution in [1.82, 2.24) is 20.1 Å². The molecule has 178 valence electrons. The molecule has 2 heterocycles. The Balaban J connectivity index is 1.64. The lowest BCUT2D eigenvalue weighted by Gasteiger charge is -2.20. The van der Waals surface area contributed by atoms with Crippen molar-refractivity contribution in [3.8, 4) is 11.5 Å². The number of rotatable bonds is 8. The third kappa shape index (κ3) is 5.29. The smallest absolute Gasteiger partial charge is 0.220 e. The Morgan fingerprint density at radius 2 is 1.73 bits per heavy atom. The number of fused-ring (bicyclic) bond motifs is 1. The number of hydrogen-bond acceptors (Lipinski definition) is 5. The number of amides is 1. The van der Waals surface area contributed by atoms with Crippen molar-refractivity contribution < 1.29 is 14.3 Å². The fraction of sp³-hybridized carbons (Fsp3) is 0.500. The summed E-state index contributed by atoms with van der Waals surface area (Å²) in [5.74, 6) is 1.43. The molecule has 7 heteroatoms. The van der Waals surface area contributed by atoms with Gasteiger partial charge >= 0.3 is 0 Å². The molecular weight excluding hydrogens is 416 g/mol. The van der Waals surface area contributed by atoms with E-state index in [1.165, 1.54) is 5.56 Å². The van der Waals surface area contributed by atoms with Crippen LogP contribution < -0.4 is 14.8 Å². The molecule has 0 bridgehead atoms. The fourth-order valence-electron chi connectivity index (χ4n) is 4.25. The van der Waals surface area contributed by atoms with Crippen LogP contribution >= 0.6 is 0 Å². The third-order valence-electron chi connectivity index (χ3n) is 6.00. The quantitative estimate of drug-likeness (QED) is 0.547.